The lowest BCUT2D eigenvalue weighted by Crippen LogP contribution is -2.54. The van der Waals surface area contributed by atoms with E-state index in [1.54, 1.807) is 14.0 Å². The molecule has 0 radical (unpaired) electrons. The quantitative estimate of drug-likeness (QED) is 0.731. The highest BCUT2D eigenvalue weighted by atomic mass is 16.5. The molecule has 0 spiro atoms. The lowest BCUT2D eigenvalue weighted by Gasteiger charge is -2.37. The summed E-state index contributed by atoms with van der Waals surface area (Å²) in [6, 6.07) is -0.550. The van der Waals surface area contributed by atoms with Gasteiger partial charge in [-0.1, -0.05) is 6.42 Å². The zero-order valence-corrected chi connectivity index (χ0v) is 10.9. The van der Waals surface area contributed by atoms with Gasteiger partial charge in [0.15, 0.2) is 0 Å². The molecule has 0 saturated carbocycles. The van der Waals surface area contributed by atoms with Crippen LogP contribution in [-0.2, 0) is 14.3 Å². The molecule has 5 heteroatoms. The molecule has 98 valence electrons. The van der Waals surface area contributed by atoms with Gasteiger partial charge in [0, 0.05) is 7.05 Å². The van der Waals surface area contributed by atoms with Crippen LogP contribution < -0.4 is 5.32 Å². The Bertz CT molecular complexity index is 281. The van der Waals surface area contributed by atoms with Crippen molar-refractivity contribution in [3.63, 3.8) is 0 Å². The van der Waals surface area contributed by atoms with Gasteiger partial charge in [0.25, 0.3) is 0 Å². The number of amides is 1. The molecule has 0 aromatic carbocycles. The van der Waals surface area contributed by atoms with E-state index >= 15 is 0 Å². The topological polar surface area (TPSA) is 58.6 Å². The second-order valence-corrected chi connectivity index (χ2v) is 4.29. The summed E-state index contributed by atoms with van der Waals surface area (Å²) >= 11 is 0. The fraction of sp³-hybridized carbons (Fsp3) is 0.833. The van der Waals surface area contributed by atoms with Crippen LogP contribution in [-0.4, -0.2) is 49.1 Å². The number of rotatable bonds is 4. The fourth-order valence-corrected chi connectivity index (χ4v) is 2.27. The van der Waals surface area contributed by atoms with Crippen LogP contribution in [0.1, 0.15) is 33.1 Å². The lowest BCUT2D eigenvalue weighted by molar-refractivity contribution is -0.153. The van der Waals surface area contributed by atoms with Gasteiger partial charge in [0.1, 0.15) is 6.04 Å². The molecule has 1 rings (SSSR count). The van der Waals surface area contributed by atoms with Crippen LogP contribution in [0, 0.1) is 0 Å². The number of nitrogens with zero attached hydrogens (tertiary/aromatic N) is 1. The number of hydrogen-bond acceptors (Lipinski definition) is 4. The Kier molecular flexibility index (Phi) is 5.41. The van der Waals surface area contributed by atoms with Gasteiger partial charge in [0.05, 0.1) is 12.6 Å². The molecule has 5 nitrogen and oxygen atoms in total. The van der Waals surface area contributed by atoms with E-state index in [9.17, 15) is 9.59 Å². The van der Waals surface area contributed by atoms with Gasteiger partial charge in [0.2, 0.25) is 5.91 Å². The third-order valence-corrected chi connectivity index (χ3v) is 3.23. The van der Waals surface area contributed by atoms with Crippen molar-refractivity contribution in [1.82, 2.24) is 10.2 Å². The van der Waals surface area contributed by atoms with Crippen LogP contribution in [0.25, 0.3) is 0 Å². The SMILES string of the molecule is CCOC(=O)C1CCCCN1C(C)C(=O)NC. The van der Waals surface area contributed by atoms with E-state index in [1.165, 1.54) is 0 Å². The Labute approximate surface area is 102 Å². The average Bonchev–Trinajstić information content (AvgIpc) is 2.37. The number of ether oxygens (including phenoxy) is 1. The molecule has 1 saturated heterocycles. The monoisotopic (exact) mass is 242 g/mol. The smallest absolute Gasteiger partial charge is 0.323 e. The summed E-state index contributed by atoms with van der Waals surface area (Å²) in [7, 11) is 1.61. The molecular formula is C12H22N2O3. The zero-order valence-electron chi connectivity index (χ0n) is 10.9. The first-order valence-electron chi connectivity index (χ1n) is 6.25. The number of hydrogen-bond donors (Lipinski definition) is 1. The third kappa shape index (κ3) is 3.43. The molecule has 2 atom stereocenters. The van der Waals surface area contributed by atoms with E-state index in [0.29, 0.717) is 6.61 Å². The summed E-state index contributed by atoms with van der Waals surface area (Å²) in [4.78, 5) is 25.4. The van der Waals surface area contributed by atoms with Gasteiger partial charge in [-0.25, -0.2) is 0 Å². The van der Waals surface area contributed by atoms with Crippen molar-refractivity contribution in [2.45, 2.75) is 45.2 Å². The average molecular weight is 242 g/mol. The number of carbonyl (C=O) groups excluding carboxylic acids is 2. The molecule has 1 aliphatic rings. The van der Waals surface area contributed by atoms with Gasteiger partial charge in [-0.3, -0.25) is 14.5 Å². The van der Waals surface area contributed by atoms with Crippen molar-refractivity contribution in [2.75, 3.05) is 20.2 Å². The molecule has 0 aliphatic carbocycles. The summed E-state index contributed by atoms with van der Waals surface area (Å²) in [5, 5.41) is 2.62. The van der Waals surface area contributed by atoms with Crippen molar-refractivity contribution in [1.29, 1.82) is 0 Å². The largest absolute Gasteiger partial charge is 0.465 e. The van der Waals surface area contributed by atoms with Crippen LogP contribution in [0.5, 0.6) is 0 Å². The number of esters is 1. The molecule has 1 amide bonds. The number of carbonyl (C=O) groups is 2. The fourth-order valence-electron chi connectivity index (χ4n) is 2.27. The van der Waals surface area contributed by atoms with Crippen molar-refractivity contribution in [3.8, 4) is 0 Å². The summed E-state index contributed by atoms with van der Waals surface area (Å²) in [6.07, 6.45) is 2.82. The van der Waals surface area contributed by atoms with Crippen LogP contribution in [0.3, 0.4) is 0 Å². The summed E-state index contributed by atoms with van der Waals surface area (Å²) in [6.45, 7) is 4.79. The summed E-state index contributed by atoms with van der Waals surface area (Å²) < 4.78 is 5.06. The molecule has 0 aromatic rings. The molecule has 1 fully saturated rings. The maximum Gasteiger partial charge on any atom is 0.323 e. The predicted molar refractivity (Wildman–Crippen MR) is 64.5 cm³/mol. The van der Waals surface area contributed by atoms with E-state index in [0.717, 1.165) is 25.8 Å². The highest BCUT2D eigenvalue weighted by molar-refractivity contribution is 5.83. The molecule has 0 aromatic heterocycles. The van der Waals surface area contributed by atoms with E-state index in [4.69, 9.17) is 4.74 Å². The van der Waals surface area contributed by atoms with E-state index in [-0.39, 0.29) is 24.0 Å². The van der Waals surface area contributed by atoms with E-state index in [1.807, 2.05) is 11.8 Å². The van der Waals surface area contributed by atoms with Crippen LogP contribution >= 0.6 is 0 Å². The summed E-state index contributed by atoms with van der Waals surface area (Å²) in [5.74, 6) is -0.260. The minimum atomic E-state index is -0.283. The molecule has 0 bridgehead atoms. The first kappa shape index (κ1) is 14.0. The Morgan fingerprint density at radius 2 is 2.18 bits per heavy atom. The number of likely N-dealkylation sites (N-methyl/N-ethyl adjacent to an activating group) is 1. The van der Waals surface area contributed by atoms with Gasteiger partial charge in [-0.2, -0.15) is 0 Å². The number of nitrogens with one attached hydrogen (secondary N) is 1. The van der Waals surface area contributed by atoms with Crippen molar-refractivity contribution < 1.29 is 14.3 Å². The normalized spacial score (nSPS) is 22.9. The van der Waals surface area contributed by atoms with Gasteiger partial charge in [-0.05, 0) is 33.2 Å². The van der Waals surface area contributed by atoms with Crippen molar-refractivity contribution >= 4 is 11.9 Å². The van der Waals surface area contributed by atoms with Gasteiger partial charge < -0.3 is 10.1 Å². The van der Waals surface area contributed by atoms with Crippen LogP contribution in [0.2, 0.25) is 0 Å². The molecular weight excluding hydrogens is 220 g/mol. The molecule has 2 unspecified atom stereocenters. The molecule has 1 aliphatic heterocycles. The Morgan fingerprint density at radius 3 is 2.76 bits per heavy atom. The minimum absolute atomic E-state index is 0.0544. The number of likely N-dealkylation sites (tertiary alicyclic amines) is 1. The van der Waals surface area contributed by atoms with E-state index in [2.05, 4.69) is 5.32 Å². The van der Waals surface area contributed by atoms with Gasteiger partial charge in [-0.15, -0.1) is 0 Å². The lowest BCUT2D eigenvalue weighted by atomic mass is 10.00. The summed E-state index contributed by atoms with van der Waals surface area (Å²) in [5.41, 5.74) is 0. The number of piperidine rings is 1. The standard InChI is InChI=1S/C12H22N2O3/c1-4-17-12(16)10-7-5-6-8-14(10)9(2)11(15)13-3/h9-10H,4-8H2,1-3H3,(H,13,15). The first-order chi connectivity index (χ1) is 8.11. The highest BCUT2D eigenvalue weighted by Crippen LogP contribution is 2.20. The second kappa shape index (κ2) is 6.59. The molecule has 1 heterocycles. The molecule has 1 N–H and O–H groups in total. The maximum atomic E-state index is 11.8. The second-order valence-electron chi connectivity index (χ2n) is 4.29. The minimum Gasteiger partial charge on any atom is -0.465 e. The van der Waals surface area contributed by atoms with Crippen LogP contribution in [0.15, 0.2) is 0 Å². The zero-order chi connectivity index (χ0) is 12.8. The first-order valence-corrected chi connectivity index (χ1v) is 6.25. The highest BCUT2D eigenvalue weighted by Gasteiger charge is 2.34. The van der Waals surface area contributed by atoms with E-state index < -0.39 is 0 Å². The van der Waals surface area contributed by atoms with Crippen molar-refractivity contribution in [3.05, 3.63) is 0 Å². The third-order valence-electron chi connectivity index (χ3n) is 3.23. The predicted octanol–water partition coefficient (Wildman–Crippen LogP) is 0.539. The Hall–Kier alpha value is -1.10. The Balaban J connectivity index is 2.71. The van der Waals surface area contributed by atoms with Gasteiger partial charge >= 0.3 is 5.97 Å². The van der Waals surface area contributed by atoms with Crippen molar-refractivity contribution in [2.24, 2.45) is 0 Å². The Morgan fingerprint density at radius 1 is 1.47 bits per heavy atom. The molecule has 17 heavy (non-hydrogen) atoms. The maximum absolute atomic E-state index is 11.8. The van der Waals surface area contributed by atoms with Crippen LogP contribution in [0.4, 0.5) is 0 Å².